The van der Waals surface area contributed by atoms with Crippen LogP contribution in [0.3, 0.4) is 0 Å². The fraction of sp³-hybridized carbons (Fsp3) is 0.500. The summed E-state index contributed by atoms with van der Waals surface area (Å²) in [6.07, 6.45) is 1.97. The lowest BCUT2D eigenvalue weighted by molar-refractivity contribution is 0.183. The van der Waals surface area contributed by atoms with Crippen molar-refractivity contribution in [1.29, 1.82) is 0 Å². The van der Waals surface area contributed by atoms with E-state index in [-0.39, 0.29) is 6.10 Å². The Balaban J connectivity index is 2.33. The van der Waals surface area contributed by atoms with Gasteiger partial charge in [-0.05, 0) is 25.8 Å². The van der Waals surface area contributed by atoms with Crippen molar-refractivity contribution in [1.82, 2.24) is 9.97 Å². The number of hydrogen-bond donors (Lipinski definition) is 2. The van der Waals surface area contributed by atoms with E-state index in [1.54, 1.807) is 17.7 Å². The minimum Gasteiger partial charge on any atom is -0.391 e. The molecule has 0 saturated carbocycles. The highest BCUT2D eigenvalue weighted by Gasteiger charge is 2.12. The summed E-state index contributed by atoms with van der Waals surface area (Å²) in [4.78, 5) is 10.8. The highest BCUT2D eigenvalue weighted by atomic mass is 32.1. The van der Waals surface area contributed by atoms with E-state index < -0.39 is 0 Å². The third-order valence-electron chi connectivity index (χ3n) is 2.94. The Morgan fingerprint density at radius 1 is 1.41 bits per heavy atom. The zero-order valence-electron chi connectivity index (χ0n) is 10.3. The molecule has 1 unspecified atom stereocenters. The van der Waals surface area contributed by atoms with Crippen LogP contribution in [0.4, 0.5) is 5.82 Å². The van der Waals surface area contributed by atoms with Crippen molar-refractivity contribution in [2.24, 2.45) is 0 Å². The third-order valence-corrected chi connectivity index (χ3v) is 4.06. The molecule has 2 aromatic heterocycles. The molecule has 0 aliphatic carbocycles. The van der Waals surface area contributed by atoms with E-state index in [9.17, 15) is 5.11 Å². The minimum absolute atomic E-state index is 0.333. The first-order valence-corrected chi connectivity index (χ1v) is 6.57. The number of fused-ring (bicyclic) bond motifs is 1. The normalized spacial score (nSPS) is 12.9. The maximum absolute atomic E-state index is 9.56. The van der Waals surface area contributed by atoms with E-state index in [1.807, 2.05) is 6.92 Å². The third kappa shape index (κ3) is 2.40. The summed E-state index contributed by atoms with van der Waals surface area (Å²) in [5.74, 6) is 0.823. The molecule has 17 heavy (non-hydrogen) atoms. The molecule has 1 atom stereocenters. The fourth-order valence-electron chi connectivity index (χ4n) is 1.68. The molecule has 0 aliphatic heterocycles. The van der Waals surface area contributed by atoms with Gasteiger partial charge in [0.25, 0.3) is 0 Å². The standard InChI is InChI=1S/C12H17N3OS/c1-4-9(16)5-13-11-10-7(2)8(3)17-12(10)15-6-14-11/h6,9,16H,4-5H2,1-3H3,(H,13,14,15). The molecule has 0 amide bonds. The van der Waals surface area contributed by atoms with Gasteiger partial charge in [-0.3, -0.25) is 0 Å². The number of aliphatic hydroxyl groups is 1. The summed E-state index contributed by atoms with van der Waals surface area (Å²) in [7, 11) is 0. The SMILES string of the molecule is CCC(O)CNc1ncnc2sc(C)c(C)c12. The first-order chi connectivity index (χ1) is 8.13. The topological polar surface area (TPSA) is 58.0 Å². The molecule has 0 fully saturated rings. The molecule has 0 aliphatic rings. The van der Waals surface area contributed by atoms with Crippen LogP contribution < -0.4 is 5.32 Å². The molecule has 2 N–H and O–H groups in total. The predicted molar refractivity (Wildman–Crippen MR) is 71.7 cm³/mol. The van der Waals surface area contributed by atoms with Gasteiger partial charge in [-0.1, -0.05) is 6.92 Å². The number of thiophene rings is 1. The maximum Gasteiger partial charge on any atom is 0.138 e. The van der Waals surface area contributed by atoms with Crippen molar-refractivity contribution in [2.45, 2.75) is 33.3 Å². The Morgan fingerprint density at radius 2 is 2.18 bits per heavy atom. The first-order valence-electron chi connectivity index (χ1n) is 5.76. The summed E-state index contributed by atoms with van der Waals surface area (Å²) >= 11 is 1.68. The second-order valence-corrected chi connectivity index (χ2v) is 5.33. The predicted octanol–water partition coefficient (Wildman–Crippen LogP) is 2.49. The van der Waals surface area contributed by atoms with Crippen molar-refractivity contribution in [2.75, 3.05) is 11.9 Å². The van der Waals surface area contributed by atoms with Crippen LogP contribution in [0.1, 0.15) is 23.8 Å². The van der Waals surface area contributed by atoms with E-state index in [2.05, 4.69) is 29.1 Å². The lowest BCUT2D eigenvalue weighted by Gasteiger charge is -2.10. The van der Waals surface area contributed by atoms with Gasteiger partial charge >= 0.3 is 0 Å². The fourth-order valence-corrected chi connectivity index (χ4v) is 2.67. The number of aliphatic hydroxyl groups excluding tert-OH is 1. The smallest absolute Gasteiger partial charge is 0.138 e. The molecular weight excluding hydrogens is 234 g/mol. The molecule has 5 heteroatoms. The van der Waals surface area contributed by atoms with E-state index >= 15 is 0 Å². The summed E-state index contributed by atoms with van der Waals surface area (Å²) in [5.41, 5.74) is 1.22. The molecule has 2 heterocycles. The van der Waals surface area contributed by atoms with Gasteiger partial charge in [0.05, 0.1) is 11.5 Å². The monoisotopic (exact) mass is 251 g/mol. The largest absolute Gasteiger partial charge is 0.391 e. The van der Waals surface area contributed by atoms with Crippen molar-refractivity contribution in [3.63, 3.8) is 0 Å². The highest BCUT2D eigenvalue weighted by molar-refractivity contribution is 7.18. The molecule has 2 rings (SSSR count). The van der Waals surface area contributed by atoms with Crippen LogP contribution in [0.2, 0.25) is 0 Å². The van der Waals surface area contributed by atoms with Crippen LogP contribution in [-0.2, 0) is 0 Å². The molecule has 0 bridgehead atoms. The van der Waals surface area contributed by atoms with E-state index in [1.165, 1.54) is 10.4 Å². The van der Waals surface area contributed by atoms with Gasteiger partial charge in [-0.15, -0.1) is 11.3 Å². The van der Waals surface area contributed by atoms with Crippen LogP contribution >= 0.6 is 11.3 Å². The molecule has 0 spiro atoms. The van der Waals surface area contributed by atoms with Crippen LogP contribution in [-0.4, -0.2) is 27.7 Å². The molecule has 2 aromatic rings. The number of nitrogens with zero attached hydrogens (tertiary/aromatic N) is 2. The van der Waals surface area contributed by atoms with Crippen LogP contribution in [0.25, 0.3) is 10.2 Å². The Morgan fingerprint density at radius 3 is 2.88 bits per heavy atom. The van der Waals surface area contributed by atoms with Crippen LogP contribution in [0.5, 0.6) is 0 Å². The Bertz CT molecular complexity index is 524. The van der Waals surface area contributed by atoms with Crippen molar-refractivity contribution < 1.29 is 5.11 Å². The molecule has 92 valence electrons. The number of aromatic nitrogens is 2. The first kappa shape index (κ1) is 12.3. The summed E-state index contributed by atoms with van der Waals surface area (Å²) in [5, 5.41) is 13.8. The molecule has 0 saturated heterocycles. The average Bonchev–Trinajstić information content (AvgIpc) is 2.63. The van der Waals surface area contributed by atoms with Crippen LogP contribution in [0, 0.1) is 13.8 Å². The van der Waals surface area contributed by atoms with E-state index in [4.69, 9.17) is 0 Å². The zero-order valence-corrected chi connectivity index (χ0v) is 11.1. The Kier molecular flexibility index (Phi) is 3.59. The lowest BCUT2D eigenvalue weighted by atomic mass is 10.2. The van der Waals surface area contributed by atoms with Crippen molar-refractivity contribution in [3.05, 3.63) is 16.8 Å². The molecule has 0 aromatic carbocycles. The van der Waals surface area contributed by atoms with Gasteiger partial charge < -0.3 is 10.4 Å². The molecular formula is C12H17N3OS. The Labute approximate surface area is 105 Å². The van der Waals surface area contributed by atoms with Crippen molar-refractivity contribution in [3.8, 4) is 0 Å². The molecule has 0 radical (unpaired) electrons. The molecule has 4 nitrogen and oxygen atoms in total. The van der Waals surface area contributed by atoms with Gasteiger partial charge in [0.1, 0.15) is 17.0 Å². The average molecular weight is 251 g/mol. The van der Waals surface area contributed by atoms with Crippen molar-refractivity contribution >= 4 is 27.4 Å². The highest BCUT2D eigenvalue weighted by Crippen LogP contribution is 2.32. The number of anilines is 1. The second-order valence-electron chi connectivity index (χ2n) is 4.13. The zero-order chi connectivity index (χ0) is 12.4. The minimum atomic E-state index is -0.333. The Hall–Kier alpha value is -1.20. The number of nitrogens with one attached hydrogen (secondary N) is 1. The van der Waals surface area contributed by atoms with E-state index in [0.29, 0.717) is 6.54 Å². The van der Waals surface area contributed by atoms with Gasteiger partial charge in [-0.2, -0.15) is 0 Å². The van der Waals surface area contributed by atoms with Gasteiger partial charge in [0.15, 0.2) is 0 Å². The number of hydrogen-bond acceptors (Lipinski definition) is 5. The maximum atomic E-state index is 9.56. The van der Waals surface area contributed by atoms with Gasteiger partial charge in [0.2, 0.25) is 0 Å². The lowest BCUT2D eigenvalue weighted by Crippen LogP contribution is -2.18. The van der Waals surface area contributed by atoms with Gasteiger partial charge in [0, 0.05) is 11.4 Å². The summed E-state index contributed by atoms with van der Waals surface area (Å²) in [6.45, 7) is 6.66. The quantitative estimate of drug-likeness (QED) is 0.876. The van der Waals surface area contributed by atoms with E-state index in [0.717, 1.165) is 22.5 Å². The van der Waals surface area contributed by atoms with Crippen LogP contribution in [0.15, 0.2) is 6.33 Å². The number of aryl methyl sites for hydroxylation is 2. The summed E-state index contributed by atoms with van der Waals surface area (Å²) in [6, 6.07) is 0. The van der Waals surface area contributed by atoms with Gasteiger partial charge in [-0.25, -0.2) is 9.97 Å². The second kappa shape index (κ2) is 4.98. The summed E-state index contributed by atoms with van der Waals surface area (Å²) < 4.78 is 0. The number of rotatable bonds is 4.